The Labute approximate surface area is 157 Å². The standard InChI is InChI=1S/C21H20O2S2/c1-15(11-17-7-9-18(10-8-17)21(22)23)20-14-24-13-19(25-20)12-16-5-3-2-4-6-16/h2-3,5,7-11,13-14H,4,6,12H2,1H3,(H,22,23). The fraction of sp³-hybridized carbons (Fsp3) is 0.190. The largest absolute Gasteiger partial charge is 0.478 e. The Kier molecular flexibility index (Phi) is 6.05. The van der Waals surface area contributed by atoms with Crippen LogP contribution in [0.2, 0.25) is 0 Å². The van der Waals surface area contributed by atoms with Crippen LogP contribution in [-0.2, 0) is 0 Å². The SMILES string of the molecule is CC(=Cc1ccc(C(=O)O)cc1)C1=CSC=C(CC2=CC=CCC2)S1. The summed E-state index contributed by atoms with van der Waals surface area (Å²) >= 11 is 3.57. The lowest BCUT2D eigenvalue weighted by Gasteiger charge is -2.17. The molecule has 2 aliphatic rings. The number of benzene rings is 1. The minimum absolute atomic E-state index is 0.316. The predicted molar refractivity (Wildman–Crippen MR) is 109 cm³/mol. The number of thioether (sulfide) groups is 2. The molecule has 1 aromatic carbocycles. The van der Waals surface area contributed by atoms with E-state index in [-0.39, 0.29) is 0 Å². The molecular weight excluding hydrogens is 348 g/mol. The van der Waals surface area contributed by atoms with Crippen molar-refractivity contribution in [3.63, 3.8) is 0 Å². The molecule has 1 aliphatic carbocycles. The molecule has 0 bridgehead atoms. The minimum Gasteiger partial charge on any atom is -0.478 e. The summed E-state index contributed by atoms with van der Waals surface area (Å²) in [7, 11) is 0. The van der Waals surface area contributed by atoms with Crippen molar-refractivity contribution < 1.29 is 9.90 Å². The summed E-state index contributed by atoms with van der Waals surface area (Å²) in [6, 6.07) is 6.99. The van der Waals surface area contributed by atoms with Crippen molar-refractivity contribution in [2.75, 3.05) is 0 Å². The number of aromatic carboxylic acids is 1. The van der Waals surface area contributed by atoms with Gasteiger partial charge in [0.15, 0.2) is 0 Å². The maximum absolute atomic E-state index is 10.9. The van der Waals surface area contributed by atoms with Crippen LogP contribution in [0.4, 0.5) is 0 Å². The maximum atomic E-state index is 10.9. The fourth-order valence-corrected chi connectivity index (χ4v) is 4.77. The molecule has 0 fully saturated rings. The third kappa shape index (κ3) is 5.03. The van der Waals surface area contributed by atoms with Crippen molar-refractivity contribution in [1.82, 2.24) is 0 Å². The van der Waals surface area contributed by atoms with Crippen LogP contribution in [-0.4, -0.2) is 11.1 Å². The van der Waals surface area contributed by atoms with Crippen LogP contribution in [0.15, 0.2) is 74.3 Å². The van der Waals surface area contributed by atoms with E-state index in [1.165, 1.54) is 21.0 Å². The zero-order valence-electron chi connectivity index (χ0n) is 14.1. The molecule has 0 amide bonds. The molecule has 0 radical (unpaired) electrons. The quantitative estimate of drug-likeness (QED) is 0.634. The topological polar surface area (TPSA) is 37.3 Å². The molecule has 1 heterocycles. The molecule has 0 unspecified atom stereocenters. The van der Waals surface area contributed by atoms with Crippen LogP contribution in [0.1, 0.15) is 42.1 Å². The molecule has 2 nitrogen and oxygen atoms in total. The Balaban J connectivity index is 1.66. The molecule has 0 aromatic heterocycles. The second-order valence-corrected chi connectivity index (χ2v) is 7.94. The third-order valence-electron chi connectivity index (χ3n) is 4.05. The lowest BCUT2D eigenvalue weighted by atomic mass is 10.0. The third-order valence-corrected chi connectivity index (χ3v) is 6.32. The molecule has 128 valence electrons. The van der Waals surface area contributed by atoms with Crippen LogP contribution in [0.3, 0.4) is 0 Å². The Morgan fingerprint density at radius 3 is 2.72 bits per heavy atom. The molecule has 0 atom stereocenters. The molecule has 25 heavy (non-hydrogen) atoms. The highest BCUT2D eigenvalue weighted by atomic mass is 32.2. The fourth-order valence-electron chi connectivity index (χ4n) is 2.68. The first kappa shape index (κ1) is 17.9. The molecule has 1 aliphatic heterocycles. The summed E-state index contributed by atoms with van der Waals surface area (Å²) in [5, 5.41) is 13.4. The Morgan fingerprint density at radius 2 is 2.04 bits per heavy atom. The van der Waals surface area contributed by atoms with E-state index in [1.807, 2.05) is 23.9 Å². The van der Waals surface area contributed by atoms with E-state index >= 15 is 0 Å². The number of carboxylic acids is 1. The Bertz CT molecular complexity index is 809. The summed E-state index contributed by atoms with van der Waals surface area (Å²) < 4.78 is 0. The highest BCUT2D eigenvalue weighted by molar-refractivity contribution is 8.12. The number of hydrogen-bond acceptors (Lipinski definition) is 3. The normalized spacial score (nSPS) is 17.6. The van der Waals surface area contributed by atoms with Gasteiger partial charge in [-0.2, -0.15) is 0 Å². The average Bonchev–Trinajstić information content (AvgIpc) is 2.63. The van der Waals surface area contributed by atoms with E-state index in [0.29, 0.717) is 5.56 Å². The first-order valence-corrected chi connectivity index (χ1v) is 9.97. The van der Waals surface area contributed by atoms with Gasteiger partial charge in [-0.15, -0.1) is 11.8 Å². The monoisotopic (exact) mass is 368 g/mol. The van der Waals surface area contributed by atoms with Gasteiger partial charge in [0.25, 0.3) is 0 Å². The summed E-state index contributed by atoms with van der Waals surface area (Å²) in [5.74, 6) is -0.893. The molecule has 4 heteroatoms. The maximum Gasteiger partial charge on any atom is 0.335 e. The second kappa shape index (κ2) is 8.45. The van der Waals surface area contributed by atoms with Gasteiger partial charge in [0.05, 0.1) is 5.56 Å². The van der Waals surface area contributed by atoms with Gasteiger partial charge in [0, 0.05) is 16.2 Å². The Hall–Kier alpha value is -1.91. The van der Waals surface area contributed by atoms with E-state index in [1.54, 1.807) is 23.9 Å². The van der Waals surface area contributed by atoms with Crippen molar-refractivity contribution >= 4 is 35.6 Å². The molecule has 3 rings (SSSR count). The summed E-state index contributed by atoms with van der Waals surface area (Å²) in [5.41, 5.74) is 4.03. The van der Waals surface area contributed by atoms with Gasteiger partial charge in [-0.3, -0.25) is 0 Å². The van der Waals surface area contributed by atoms with Gasteiger partial charge in [-0.25, -0.2) is 4.79 Å². The number of carboxylic acid groups (broad SMARTS) is 1. The first-order valence-electron chi connectivity index (χ1n) is 8.21. The van der Waals surface area contributed by atoms with E-state index < -0.39 is 5.97 Å². The lowest BCUT2D eigenvalue weighted by molar-refractivity contribution is 0.0697. The zero-order valence-corrected chi connectivity index (χ0v) is 15.7. The van der Waals surface area contributed by atoms with Gasteiger partial charge < -0.3 is 5.11 Å². The summed E-state index contributed by atoms with van der Waals surface area (Å²) in [6.45, 7) is 2.11. The predicted octanol–water partition coefficient (Wildman–Crippen LogP) is 6.62. The zero-order chi connectivity index (χ0) is 17.6. The first-order chi connectivity index (χ1) is 12.1. The summed E-state index contributed by atoms with van der Waals surface area (Å²) in [4.78, 5) is 13.6. The molecule has 1 aromatic rings. The number of allylic oxidation sites excluding steroid dienone is 6. The van der Waals surface area contributed by atoms with Crippen molar-refractivity contribution in [3.05, 3.63) is 85.4 Å². The van der Waals surface area contributed by atoms with E-state index in [4.69, 9.17) is 5.11 Å². The van der Waals surface area contributed by atoms with Crippen molar-refractivity contribution in [2.24, 2.45) is 0 Å². The van der Waals surface area contributed by atoms with Crippen LogP contribution in [0.25, 0.3) is 6.08 Å². The lowest BCUT2D eigenvalue weighted by Crippen LogP contribution is -1.95. The smallest absolute Gasteiger partial charge is 0.335 e. The summed E-state index contributed by atoms with van der Waals surface area (Å²) in [6.07, 6.45) is 12.0. The van der Waals surface area contributed by atoms with Crippen molar-refractivity contribution in [1.29, 1.82) is 0 Å². The number of rotatable bonds is 5. The average molecular weight is 369 g/mol. The highest BCUT2D eigenvalue weighted by Gasteiger charge is 2.12. The molecular formula is C21H20O2S2. The number of hydrogen-bond donors (Lipinski definition) is 1. The van der Waals surface area contributed by atoms with Gasteiger partial charge in [0.2, 0.25) is 0 Å². The van der Waals surface area contributed by atoms with Crippen LogP contribution >= 0.6 is 23.5 Å². The van der Waals surface area contributed by atoms with E-state index in [2.05, 4.69) is 42.0 Å². The Morgan fingerprint density at radius 1 is 1.24 bits per heavy atom. The van der Waals surface area contributed by atoms with Crippen molar-refractivity contribution in [2.45, 2.75) is 26.2 Å². The van der Waals surface area contributed by atoms with Crippen LogP contribution in [0, 0.1) is 0 Å². The van der Waals surface area contributed by atoms with Gasteiger partial charge in [-0.1, -0.05) is 53.8 Å². The van der Waals surface area contributed by atoms with Gasteiger partial charge in [-0.05, 0) is 53.9 Å². The van der Waals surface area contributed by atoms with Crippen LogP contribution in [0.5, 0.6) is 0 Å². The molecule has 0 saturated carbocycles. The molecule has 0 spiro atoms. The molecule has 1 N–H and O–H groups in total. The van der Waals surface area contributed by atoms with E-state index in [0.717, 1.165) is 24.8 Å². The van der Waals surface area contributed by atoms with Gasteiger partial charge >= 0.3 is 5.97 Å². The van der Waals surface area contributed by atoms with Crippen molar-refractivity contribution in [3.8, 4) is 0 Å². The van der Waals surface area contributed by atoms with Crippen LogP contribution < -0.4 is 0 Å². The van der Waals surface area contributed by atoms with Gasteiger partial charge in [0.1, 0.15) is 0 Å². The highest BCUT2D eigenvalue weighted by Crippen LogP contribution is 2.42. The minimum atomic E-state index is -0.893. The van der Waals surface area contributed by atoms with E-state index in [9.17, 15) is 4.79 Å². The number of carbonyl (C=O) groups is 1. The molecule has 0 saturated heterocycles. The second-order valence-electron chi connectivity index (χ2n) is 6.03.